The van der Waals surface area contributed by atoms with Gasteiger partial charge in [0.15, 0.2) is 17.7 Å². The Labute approximate surface area is 223 Å². The zero-order valence-corrected chi connectivity index (χ0v) is 22.5. The van der Waals surface area contributed by atoms with Crippen LogP contribution in [0, 0.1) is 17.3 Å². The Morgan fingerprint density at radius 3 is 2.68 bits per heavy atom. The van der Waals surface area contributed by atoms with Gasteiger partial charge in [-0.2, -0.15) is 0 Å². The van der Waals surface area contributed by atoms with Crippen LogP contribution in [-0.4, -0.2) is 51.9 Å². The van der Waals surface area contributed by atoms with Gasteiger partial charge >= 0.3 is 0 Å². The normalized spacial score (nSPS) is 37.8. The minimum absolute atomic E-state index is 0.0900. The summed E-state index contributed by atoms with van der Waals surface area (Å²) in [5.74, 6) is 0.698. The molecule has 8 rings (SSSR count). The van der Waals surface area contributed by atoms with Crippen molar-refractivity contribution in [3.63, 3.8) is 0 Å². The maximum absolute atomic E-state index is 13.0. The summed E-state index contributed by atoms with van der Waals surface area (Å²) in [5, 5.41) is 12.2. The molecule has 7 nitrogen and oxygen atoms in total. The molecule has 4 aliphatic carbocycles. The first-order chi connectivity index (χ1) is 18.1. The zero-order chi connectivity index (χ0) is 26.4. The number of carbonyl (C=O) groups is 2. The summed E-state index contributed by atoms with van der Waals surface area (Å²) in [5.41, 5.74) is 4.95. The number of aliphatic hydroxyl groups excluding tert-OH is 1. The number of H-pyrrole nitrogens is 1. The van der Waals surface area contributed by atoms with Crippen LogP contribution in [0.3, 0.4) is 0 Å². The predicted octanol–water partition coefficient (Wildman–Crippen LogP) is 4.29. The summed E-state index contributed by atoms with van der Waals surface area (Å²) in [6.07, 6.45) is 9.03. The van der Waals surface area contributed by atoms with Crippen molar-refractivity contribution in [1.82, 2.24) is 10.3 Å². The molecule has 1 spiro atoms. The predicted molar refractivity (Wildman–Crippen MR) is 142 cm³/mol. The summed E-state index contributed by atoms with van der Waals surface area (Å²) in [6, 6.07) is 9.11. The van der Waals surface area contributed by atoms with Crippen molar-refractivity contribution in [2.75, 3.05) is 6.61 Å². The Hall–Kier alpha value is -2.48. The average Bonchev–Trinajstić information content (AvgIpc) is 3.43. The molecule has 6 aliphatic rings. The van der Waals surface area contributed by atoms with Crippen LogP contribution in [0.2, 0.25) is 0 Å². The lowest BCUT2D eigenvalue weighted by atomic mass is 9.50. The van der Waals surface area contributed by atoms with E-state index in [-0.39, 0.29) is 23.7 Å². The number of benzene rings is 1. The first-order valence-corrected chi connectivity index (χ1v) is 14.3. The SMILES string of the molecule is CC1(C)OC23CCC4(C)C(CCC5Cc6c([nH]c7ccccc67)C54)C2=CC(=O)C1O3.O=C(CO)NC1CC1. The van der Waals surface area contributed by atoms with Crippen LogP contribution in [0.25, 0.3) is 10.9 Å². The first-order valence-electron chi connectivity index (χ1n) is 14.3. The van der Waals surface area contributed by atoms with E-state index < -0.39 is 17.5 Å². The highest BCUT2D eigenvalue weighted by Gasteiger charge is 2.66. The second-order valence-electron chi connectivity index (χ2n) is 13.1. The van der Waals surface area contributed by atoms with E-state index in [0.29, 0.717) is 23.8 Å². The minimum Gasteiger partial charge on any atom is -0.387 e. The molecular formula is C31H38N2O5. The van der Waals surface area contributed by atoms with Gasteiger partial charge in [-0.05, 0) is 92.9 Å². The standard InChI is InChI=1S/C26H29NO3.C5H9NO2/c1-24(2)23-20(28)13-18-17-9-8-14-12-16-15-6-4-5-7-19(15)27-22(16)21(14)25(17,3)10-11-26(18,29-23)30-24;7-3-5(8)6-4-1-2-4/h4-7,13-14,17,21,23,27H,8-12H2,1-3H3;4,7H,1-3H2,(H,6,8). The third-order valence-electron chi connectivity index (χ3n) is 10.2. The highest BCUT2D eigenvalue weighted by molar-refractivity contribution is 5.97. The lowest BCUT2D eigenvalue weighted by molar-refractivity contribution is -0.199. The second kappa shape index (κ2) is 8.26. The fraction of sp³-hybridized carbons (Fsp3) is 0.613. The van der Waals surface area contributed by atoms with Crippen LogP contribution >= 0.6 is 0 Å². The Morgan fingerprint density at radius 2 is 1.92 bits per heavy atom. The van der Waals surface area contributed by atoms with Crippen molar-refractivity contribution in [2.45, 2.75) is 95.2 Å². The molecule has 2 aromatic rings. The van der Waals surface area contributed by atoms with Crippen molar-refractivity contribution >= 4 is 22.6 Å². The maximum Gasteiger partial charge on any atom is 0.245 e. The van der Waals surface area contributed by atoms with Gasteiger partial charge in [-0.25, -0.2) is 0 Å². The van der Waals surface area contributed by atoms with Gasteiger partial charge in [0.25, 0.3) is 0 Å². The average molecular weight is 519 g/mol. The summed E-state index contributed by atoms with van der Waals surface area (Å²) < 4.78 is 12.9. The number of aromatic nitrogens is 1. The Morgan fingerprint density at radius 1 is 1.13 bits per heavy atom. The Balaban J connectivity index is 0.000000262. The highest BCUT2D eigenvalue weighted by Crippen LogP contribution is 2.68. The van der Waals surface area contributed by atoms with Crippen LogP contribution in [0.4, 0.5) is 0 Å². The number of nitrogens with one attached hydrogen (secondary N) is 2. The fourth-order valence-corrected chi connectivity index (χ4v) is 8.48. The minimum atomic E-state index is -0.680. The molecule has 3 N–H and O–H groups in total. The topological polar surface area (TPSA) is 101 Å². The molecule has 1 aromatic carbocycles. The van der Waals surface area contributed by atoms with Crippen LogP contribution in [0.15, 0.2) is 35.9 Å². The van der Waals surface area contributed by atoms with Gasteiger partial charge in [0.1, 0.15) is 12.2 Å². The van der Waals surface area contributed by atoms with Crippen LogP contribution in [0.1, 0.15) is 76.5 Å². The fourth-order valence-electron chi connectivity index (χ4n) is 8.48. The van der Waals surface area contributed by atoms with Gasteiger partial charge in [-0.15, -0.1) is 0 Å². The van der Waals surface area contributed by atoms with Crippen molar-refractivity contribution < 1.29 is 24.2 Å². The number of amides is 1. The molecule has 2 aliphatic heterocycles. The van der Waals surface area contributed by atoms with E-state index >= 15 is 0 Å². The number of para-hydroxylation sites is 1. The smallest absolute Gasteiger partial charge is 0.245 e. The lowest BCUT2D eigenvalue weighted by Gasteiger charge is -2.57. The molecule has 1 amide bonds. The number of carbonyl (C=O) groups excluding carboxylic acids is 2. The molecule has 6 atom stereocenters. The number of ether oxygens (including phenoxy) is 2. The Bertz CT molecular complexity index is 1360. The number of aliphatic hydroxyl groups is 1. The molecule has 7 heteroatoms. The van der Waals surface area contributed by atoms with E-state index in [1.807, 2.05) is 19.9 Å². The molecule has 1 saturated heterocycles. The van der Waals surface area contributed by atoms with Gasteiger partial charge in [-0.1, -0.05) is 25.1 Å². The van der Waals surface area contributed by atoms with E-state index in [0.717, 1.165) is 37.7 Å². The van der Waals surface area contributed by atoms with Gasteiger partial charge in [0, 0.05) is 35.0 Å². The second-order valence-corrected chi connectivity index (χ2v) is 13.1. The number of aromatic amines is 1. The van der Waals surface area contributed by atoms with Crippen LogP contribution in [-0.2, 0) is 25.5 Å². The molecule has 2 bridgehead atoms. The molecule has 3 heterocycles. The van der Waals surface area contributed by atoms with E-state index in [9.17, 15) is 9.59 Å². The third-order valence-corrected chi connectivity index (χ3v) is 10.2. The summed E-state index contributed by atoms with van der Waals surface area (Å²) >= 11 is 0. The van der Waals surface area contributed by atoms with E-state index in [4.69, 9.17) is 14.6 Å². The third kappa shape index (κ3) is 3.51. The first kappa shape index (κ1) is 24.6. The summed E-state index contributed by atoms with van der Waals surface area (Å²) in [6.45, 7) is 6.09. The van der Waals surface area contributed by atoms with Gasteiger partial charge in [0.05, 0.1) is 0 Å². The number of hydrogen-bond donors (Lipinski definition) is 3. The number of ketones is 1. The Kier molecular flexibility index (Phi) is 5.34. The zero-order valence-electron chi connectivity index (χ0n) is 22.5. The van der Waals surface area contributed by atoms with Crippen molar-refractivity contribution in [2.24, 2.45) is 17.3 Å². The van der Waals surface area contributed by atoms with Crippen molar-refractivity contribution in [1.29, 1.82) is 0 Å². The van der Waals surface area contributed by atoms with Crippen LogP contribution in [0.5, 0.6) is 0 Å². The number of rotatable bonds is 2. The van der Waals surface area contributed by atoms with E-state index in [2.05, 4.69) is 41.5 Å². The molecule has 4 fully saturated rings. The highest BCUT2D eigenvalue weighted by atomic mass is 16.8. The molecule has 202 valence electrons. The molecule has 3 saturated carbocycles. The summed E-state index contributed by atoms with van der Waals surface area (Å²) in [4.78, 5) is 27.1. The molecular weight excluding hydrogens is 480 g/mol. The van der Waals surface area contributed by atoms with Crippen molar-refractivity contribution in [3.05, 3.63) is 47.2 Å². The van der Waals surface area contributed by atoms with Crippen LogP contribution < -0.4 is 5.32 Å². The molecule has 38 heavy (non-hydrogen) atoms. The maximum atomic E-state index is 13.0. The monoisotopic (exact) mass is 518 g/mol. The largest absolute Gasteiger partial charge is 0.387 e. The van der Waals surface area contributed by atoms with Gasteiger partial charge in [0.2, 0.25) is 5.91 Å². The quantitative estimate of drug-likeness (QED) is 0.551. The van der Waals surface area contributed by atoms with E-state index in [1.54, 1.807) is 0 Å². The molecule has 1 aromatic heterocycles. The van der Waals surface area contributed by atoms with Gasteiger partial charge < -0.3 is 24.9 Å². The summed E-state index contributed by atoms with van der Waals surface area (Å²) in [7, 11) is 0. The molecule has 6 unspecified atom stereocenters. The van der Waals surface area contributed by atoms with Gasteiger partial charge in [-0.3, -0.25) is 9.59 Å². The van der Waals surface area contributed by atoms with Crippen molar-refractivity contribution in [3.8, 4) is 0 Å². The molecule has 0 radical (unpaired) electrons. The lowest BCUT2D eigenvalue weighted by Crippen LogP contribution is -2.54. The number of hydrogen-bond acceptors (Lipinski definition) is 5. The number of fused-ring (bicyclic) bond motifs is 9. The van der Waals surface area contributed by atoms with E-state index in [1.165, 1.54) is 35.0 Å².